The average molecular weight is 888 g/mol. The number of nitriles is 1. The Hall–Kier alpha value is -6.09. The van der Waals surface area contributed by atoms with Crippen LogP contribution in [0.15, 0.2) is 84.1 Å². The lowest BCUT2D eigenvalue weighted by Gasteiger charge is -2.56. The van der Waals surface area contributed by atoms with Gasteiger partial charge in [-0.25, -0.2) is 23.1 Å². The number of pyridine rings is 2. The van der Waals surface area contributed by atoms with Gasteiger partial charge in [0.1, 0.15) is 22.0 Å². The summed E-state index contributed by atoms with van der Waals surface area (Å²) in [6.07, 6.45) is 12.0. The highest BCUT2D eigenvalue weighted by Gasteiger charge is 2.50. The molecule has 0 radical (unpaired) electrons. The number of carbonyl (C=O) groups excluding carboxylic acids is 1. The first-order valence-electron chi connectivity index (χ1n) is 22.1. The summed E-state index contributed by atoms with van der Waals surface area (Å²) in [6.45, 7) is 8.17. The summed E-state index contributed by atoms with van der Waals surface area (Å²) >= 11 is 0. The Labute approximate surface area is 372 Å². The Bertz CT molecular complexity index is 2710. The predicted molar refractivity (Wildman–Crippen MR) is 241 cm³/mol. The Morgan fingerprint density at radius 1 is 1.05 bits per heavy atom. The SMILES string of the molecule is CC(C)c1ccccc1[C@@H]1CCCN1C1CC2(CCN(c3ccc(C(=O)NS(=O)(=O)c4cnc(NCC5(C#N)CCOCC5)c([N+](=O)[O-])c4)c(Oc4cnc5[nH]ccc5c4)c3)CC2)C1. The molecule has 0 bridgehead atoms. The lowest BCUT2D eigenvalue weighted by atomic mass is 9.59. The number of nitro groups is 1. The molecule has 4 fully saturated rings. The molecule has 3 N–H and O–H groups in total. The van der Waals surface area contributed by atoms with Crippen molar-refractivity contribution in [2.75, 3.05) is 49.6 Å². The number of anilines is 2. The summed E-state index contributed by atoms with van der Waals surface area (Å²) in [6, 6.07) is 21.8. The van der Waals surface area contributed by atoms with Crippen LogP contribution in [-0.4, -0.2) is 84.5 Å². The molecule has 334 valence electrons. The molecule has 4 aliphatic rings. The number of likely N-dealkylation sites (tertiary alicyclic amines) is 1. The van der Waals surface area contributed by atoms with E-state index in [1.807, 2.05) is 6.07 Å². The first kappa shape index (κ1) is 43.2. The van der Waals surface area contributed by atoms with E-state index in [2.05, 4.69) is 79.0 Å². The van der Waals surface area contributed by atoms with E-state index in [0.29, 0.717) is 60.9 Å². The molecule has 1 spiro atoms. The van der Waals surface area contributed by atoms with Gasteiger partial charge in [-0.05, 0) is 105 Å². The fraction of sp³-hybridized carbons (Fsp3) is 0.447. The zero-order chi connectivity index (χ0) is 44.6. The summed E-state index contributed by atoms with van der Waals surface area (Å²) in [4.78, 5) is 41.3. The zero-order valence-electron chi connectivity index (χ0n) is 36.1. The van der Waals surface area contributed by atoms with Gasteiger partial charge < -0.3 is 24.7 Å². The van der Waals surface area contributed by atoms with Gasteiger partial charge in [0.2, 0.25) is 5.82 Å². The number of aromatic amines is 1. The molecule has 3 aliphatic heterocycles. The maximum Gasteiger partial charge on any atom is 0.312 e. The van der Waals surface area contributed by atoms with E-state index in [4.69, 9.17) is 9.47 Å². The Balaban J connectivity index is 0.907. The number of benzene rings is 2. The number of fused-ring (bicyclic) bond motifs is 1. The molecule has 1 atom stereocenters. The first-order chi connectivity index (χ1) is 30.8. The van der Waals surface area contributed by atoms with Crippen LogP contribution in [0.1, 0.15) is 98.7 Å². The molecule has 9 rings (SSSR count). The summed E-state index contributed by atoms with van der Waals surface area (Å²) < 4.78 is 41.2. The lowest BCUT2D eigenvalue weighted by molar-refractivity contribution is -0.384. The lowest BCUT2D eigenvalue weighted by Crippen LogP contribution is -2.54. The largest absolute Gasteiger partial charge is 0.455 e. The number of ether oxygens (including phenoxy) is 2. The predicted octanol–water partition coefficient (Wildman–Crippen LogP) is 8.22. The summed E-state index contributed by atoms with van der Waals surface area (Å²) in [7, 11) is -4.67. The van der Waals surface area contributed by atoms with E-state index in [-0.39, 0.29) is 23.7 Å². The molecule has 0 unspecified atom stereocenters. The van der Waals surface area contributed by atoms with E-state index in [1.165, 1.54) is 43.0 Å². The minimum atomic E-state index is -4.67. The van der Waals surface area contributed by atoms with Crippen molar-refractivity contribution in [3.63, 3.8) is 0 Å². The number of piperidine rings is 1. The van der Waals surface area contributed by atoms with Crippen molar-refractivity contribution in [2.45, 2.75) is 88.1 Å². The molecule has 64 heavy (non-hydrogen) atoms. The minimum absolute atomic E-state index is 0.0568. The van der Waals surface area contributed by atoms with Crippen LogP contribution in [0.5, 0.6) is 11.5 Å². The zero-order valence-corrected chi connectivity index (χ0v) is 36.9. The highest BCUT2D eigenvalue weighted by molar-refractivity contribution is 7.90. The van der Waals surface area contributed by atoms with E-state index in [9.17, 15) is 28.6 Å². The van der Waals surface area contributed by atoms with E-state index >= 15 is 0 Å². The van der Waals surface area contributed by atoms with Gasteiger partial charge in [0.25, 0.3) is 15.9 Å². The van der Waals surface area contributed by atoms with Crippen molar-refractivity contribution in [1.82, 2.24) is 24.6 Å². The van der Waals surface area contributed by atoms with Crippen molar-refractivity contribution in [2.24, 2.45) is 10.8 Å². The van der Waals surface area contributed by atoms with Crippen LogP contribution >= 0.6 is 0 Å². The van der Waals surface area contributed by atoms with E-state index in [0.717, 1.165) is 55.8 Å². The summed E-state index contributed by atoms with van der Waals surface area (Å²) in [5.74, 6) is -0.235. The van der Waals surface area contributed by atoms with Gasteiger partial charge in [0.05, 0.1) is 34.4 Å². The number of amides is 1. The van der Waals surface area contributed by atoms with Crippen molar-refractivity contribution >= 4 is 44.2 Å². The van der Waals surface area contributed by atoms with Crippen molar-refractivity contribution in [1.29, 1.82) is 5.26 Å². The third kappa shape index (κ3) is 8.61. The first-order valence-corrected chi connectivity index (χ1v) is 23.6. The third-order valence-electron chi connectivity index (χ3n) is 13.9. The fourth-order valence-electron chi connectivity index (χ4n) is 10.2. The summed E-state index contributed by atoms with van der Waals surface area (Å²) in [5.41, 5.74) is 3.23. The number of aromatic nitrogens is 3. The number of carbonyl (C=O) groups is 1. The molecule has 5 aromatic rings. The molecule has 16 nitrogen and oxygen atoms in total. The molecule has 1 aliphatic carbocycles. The Kier molecular flexibility index (Phi) is 11.8. The number of rotatable bonds is 13. The quantitative estimate of drug-likeness (QED) is 0.0753. The van der Waals surface area contributed by atoms with Crippen LogP contribution in [0.3, 0.4) is 0 Å². The van der Waals surface area contributed by atoms with Gasteiger partial charge in [-0.3, -0.25) is 19.8 Å². The second kappa shape index (κ2) is 17.5. The van der Waals surface area contributed by atoms with Crippen LogP contribution in [0.2, 0.25) is 0 Å². The Morgan fingerprint density at radius 2 is 1.83 bits per heavy atom. The van der Waals surface area contributed by atoms with Gasteiger partial charge in [-0.2, -0.15) is 5.26 Å². The molecule has 17 heteroatoms. The maximum absolute atomic E-state index is 14.0. The Morgan fingerprint density at radius 3 is 2.58 bits per heavy atom. The van der Waals surface area contributed by atoms with Gasteiger partial charge in [-0.1, -0.05) is 38.1 Å². The summed E-state index contributed by atoms with van der Waals surface area (Å²) in [5, 5.41) is 25.6. The van der Waals surface area contributed by atoms with Gasteiger partial charge in [-0.15, -0.1) is 0 Å². The van der Waals surface area contributed by atoms with Gasteiger partial charge in [0.15, 0.2) is 0 Å². The van der Waals surface area contributed by atoms with Crippen LogP contribution in [0.25, 0.3) is 11.0 Å². The van der Waals surface area contributed by atoms with Crippen molar-refractivity contribution in [3.05, 3.63) is 106 Å². The highest BCUT2D eigenvalue weighted by atomic mass is 32.2. The molecule has 3 aromatic heterocycles. The molecule has 1 saturated carbocycles. The smallest absolute Gasteiger partial charge is 0.312 e. The second-order valence-electron chi connectivity index (χ2n) is 18.2. The molecular weight excluding hydrogens is 835 g/mol. The van der Waals surface area contributed by atoms with Crippen molar-refractivity contribution in [3.8, 4) is 17.6 Å². The number of nitrogens with zero attached hydrogens (tertiary/aromatic N) is 6. The van der Waals surface area contributed by atoms with Crippen molar-refractivity contribution < 1.29 is 27.6 Å². The average Bonchev–Trinajstić information content (AvgIpc) is 3.98. The van der Waals surface area contributed by atoms with Gasteiger partial charge >= 0.3 is 5.69 Å². The van der Waals surface area contributed by atoms with E-state index in [1.54, 1.807) is 30.5 Å². The van der Waals surface area contributed by atoms with Gasteiger partial charge in [0, 0.05) is 74.3 Å². The fourth-order valence-corrected chi connectivity index (χ4v) is 11.2. The topological polar surface area (TPSA) is 209 Å². The van der Waals surface area contributed by atoms with Crippen LogP contribution in [0.4, 0.5) is 17.2 Å². The molecule has 2 aromatic carbocycles. The number of hydrogen-bond acceptors (Lipinski definition) is 13. The molecule has 1 amide bonds. The van der Waals surface area contributed by atoms with Crippen LogP contribution < -0.4 is 19.7 Å². The molecular formula is C47H53N9O7S. The number of hydrogen-bond donors (Lipinski definition) is 3. The molecule has 3 saturated heterocycles. The maximum atomic E-state index is 14.0. The van der Waals surface area contributed by atoms with Crippen LogP contribution in [-0.2, 0) is 14.8 Å². The number of nitrogens with one attached hydrogen (secondary N) is 3. The second-order valence-corrected chi connectivity index (χ2v) is 19.9. The molecule has 6 heterocycles. The standard InChI is InChI=1S/C47H53N9O7S/c1-31(2)37-6-3-4-7-38(37)40-8-5-17-55(40)34-25-46(26-34)12-18-54(19-13-46)33-9-10-39(42(23-33)63-35-22-32-11-16-49-43(32)50-27-35)45(57)53-64(60,61)36-24-41(56(58)59)44(51-28-36)52-30-47(29-48)14-20-62-21-15-47/h3-4,6-7,9-11,16,22-24,27-28,31,34,40H,5,8,12-15,17-21,25-26,30H2,1-2H3,(H,49,50)(H,51,52)(H,53,57)/t40-/m0/s1. The number of sulfonamides is 1. The minimum Gasteiger partial charge on any atom is -0.455 e. The highest BCUT2D eigenvalue weighted by Crippen LogP contribution is 2.54. The van der Waals surface area contributed by atoms with Crippen LogP contribution in [0, 0.1) is 32.3 Å². The number of H-pyrrole nitrogens is 1. The normalized spacial score (nSPS) is 19.9. The monoisotopic (exact) mass is 887 g/mol. The van der Waals surface area contributed by atoms with E-state index < -0.39 is 36.9 Å². The third-order valence-corrected chi connectivity index (χ3v) is 15.2.